The summed E-state index contributed by atoms with van der Waals surface area (Å²) in [7, 11) is 0. The monoisotopic (exact) mass is 540 g/mol. The van der Waals surface area contributed by atoms with Crippen LogP contribution in [0.5, 0.6) is 0 Å². The summed E-state index contributed by atoms with van der Waals surface area (Å²) in [5.41, 5.74) is 0.701. The van der Waals surface area contributed by atoms with Gasteiger partial charge >= 0.3 is 0 Å². The molecule has 2 aliphatic carbocycles. The number of thiazole rings is 1. The van der Waals surface area contributed by atoms with Crippen molar-refractivity contribution >= 4 is 33.3 Å². The molecular formula is C28H40N6O3S. The highest BCUT2D eigenvalue weighted by molar-refractivity contribution is 7.21. The summed E-state index contributed by atoms with van der Waals surface area (Å²) < 4.78 is 1.01. The van der Waals surface area contributed by atoms with Crippen molar-refractivity contribution in [3.05, 3.63) is 23.7 Å². The molecule has 0 aliphatic heterocycles. The first-order valence-electron chi connectivity index (χ1n) is 13.7. The van der Waals surface area contributed by atoms with Gasteiger partial charge < -0.3 is 26.0 Å². The van der Waals surface area contributed by atoms with Gasteiger partial charge in [0.1, 0.15) is 22.4 Å². The maximum absolute atomic E-state index is 11.6. The number of rotatable bonds is 9. The fraction of sp³-hybridized carbons (Fsp3) is 0.643. The zero-order valence-corrected chi connectivity index (χ0v) is 24.0. The smallest absolute Gasteiger partial charge is 0.224 e. The normalized spacial score (nSPS) is 26.6. The summed E-state index contributed by atoms with van der Waals surface area (Å²) in [6.45, 7) is 12.5. The third-order valence-corrected chi connectivity index (χ3v) is 10.1. The van der Waals surface area contributed by atoms with Gasteiger partial charge in [-0.05, 0) is 64.4 Å². The van der Waals surface area contributed by atoms with Crippen molar-refractivity contribution in [1.29, 1.82) is 0 Å². The largest absolute Gasteiger partial charge is 0.390 e. The topological polar surface area (TPSA) is 136 Å². The van der Waals surface area contributed by atoms with E-state index in [0.29, 0.717) is 35.1 Å². The van der Waals surface area contributed by atoms with E-state index in [2.05, 4.69) is 29.5 Å². The van der Waals surface area contributed by atoms with Gasteiger partial charge in [0.25, 0.3) is 0 Å². The molecule has 5 rings (SSSR count). The summed E-state index contributed by atoms with van der Waals surface area (Å²) in [5, 5.41) is 40.6. The zero-order chi connectivity index (χ0) is 27.5. The van der Waals surface area contributed by atoms with Gasteiger partial charge in [0.15, 0.2) is 5.72 Å². The number of aliphatic hydroxyl groups excluding tert-OH is 1. The first-order chi connectivity index (χ1) is 17.9. The molecule has 0 amide bonds. The summed E-state index contributed by atoms with van der Waals surface area (Å²) in [6.07, 6.45) is 4.88. The lowest BCUT2D eigenvalue weighted by Crippen LogP contribution is -2.51. The number of aryl methyl sites for hydroxylation is 2. The number of hydrogen-bond acceptors (Lipinski definition) is 10. The molecule has 0 radical (unpaired) electrons. The van der Waals surface area contributed by atoms with E-state index in [4.69, 9.17) is 15.0 Å². The van der Waals surface area contributed by atoms with Gasteiger partial charge in [0.2, 0.25) is 5.95 Å². The molecule has 5 N–H and O–H groups in total. The average Bonchev–Trinajstić information content (AvgIpc) is 3.25. The van der Waals surface area contributed by atoms with E-state index in [1.54, 1.807) is 20.0 Å². The second-order valence-corrected chi connectivity index (χ2v) is 12.8. The molecule has 3 aromatic heterocycles. The highest BCUT2D eigenvalue weighted by atomic mass is 32.1. The van der Waals surface area contributed by atoms with Gasteiger partial charge in [0, 0.05) is 18.7 Å². The maximum atomic E-state index is 11.6. The Hall–Kier alpha value is -2.40. The van der Waals surface area contributed by atoms with Crippen molar-refractivity contribution in [2.75, 3.05) is 17.2 Å². The standard InChI is InChI=1S/C28H40N6O3S/c1-7-27(8-2)13-17(27)14-30-25-31-15(3)20(24-32-21-16(4)29-12-10-19(21)38-24)23(33-25)34-28(37)11-9-18(22(28)35)26(5,6)36/h10,12,17-18,22,35-37H,7-9,11,13-14H2,1-6H3,(H2,30,31,33,34). The minimum atomic E-state index is -1.65. The summed E-state index contributed by atoms with van der Waals surface area (Å²) in [5.74, 6) is 1.00. The van der Waals surface area contributed by atoms with Crippen LogP contribution in [0.25, 0.3) is 20.8 Å². The molecule has 0 spiro atoms. The van der Waals surface area contributed by atoms with Crippen molar-refractivity contribution < 1.29 is 15.3 Å². The lowest BCUT2D eigenvalue weighted by Gasteiger charge is -2.34. The van der Waals surface area contributed by atoms with Crippen molar-refractivity contribution in [2.24, 2.45) is 17.3 Å². The number of anilines is 2. The first kappa shape index (κ1) is 27.2. The van der Waals surface area contributed by atoms with Gasteiger partial charge in [-0.25, -0.2) is 9.97 Å². The molecule has 4 atom stereocenters. The molecule has 2 saturated carbocycles. The minimum absolute atomic E-state index is 0.272. The van der Waals surface area contributed by atoms with Crippen LogP contribution in [0, 0.1) is 31.1 Å². The first-order valence-corrected chi connectivity index (χ1v) is 14.5. The van der Waals surface area contributed by atoms with Crippen LogP contribution in [0.3, 0.4) is 0 Å². The van der Waals surface area contributed by atoms with Crippen LogP contribution in [0.15, 0.2) is 12.3 Å². The van der Waals surface area contributed by atoms with Gasteiger partial charge in [0.05, 0.1) is 27.3 Å². The maximum Gasteiger partial charge on any atom is 0.224 e. The quantitative estimate of drug-likeness (QED) is 0.246. The van der Waals surface area contributed by atoms with Gasteiger partial charge in [-0.2, -0.15) is 4.98 Å². The number of fused-ring (bicyclic) bond motifs is 1. The van der Waals surface area contributed by atoms with E-state index in [9.17, 15) is 15.3 Å². The molecule has 3 heterocycles. The number of nitrogens with one attached hydrogen (secondary N) is 2. The predicted octanol–water partition coefficient (Wildman–Crippen LogP) is 4.65. The number of aromatic nitrogens is 4. The van der Waals surface area contributed by atoms with E-state index in [1.807, 2.05) is 19.9 Å². The molecule has 10 heteroatoms. The lowest BCUT2D eigenvalue weighted by molar-refractivity contribution is -0.0926. The molecule has 2 aliphatic rings. The van der Waals surface area contributed by atoms with E-state index in [1.165, 1.54) is 30.6 Å². The van der Waals surface area contributed by atoms with Crippen LogP contribution in [0.4, 0.5) is 11.8 Å². The number of pyridine rings is 1. The van der Waals surface area contributed by atoms with Crippen molar-refractivity contribution in [2.45, 2.75) is 91.1 Å². The Morgan fingerprint density at radius 2 is 1.87 bits per heavy atom. The fourth-order valence-electron chi connectivity index (χ4n) is 6.23. The van der Waals surface area contributed by atoms with Gasteiger partial charge in [-0.15, -0.1) is 11.3 Å². The number of hydrogen-bond donors (Lipinski definition) is 5. The SMILES string of the molecule is CCC1(CC)CC1CNc1nc(C)c(-c2nc3c(C)nccc3s2)c(NC2(O)CCC(C(C)(C)O)C2O)n1. The second kappa shape index (κ2) is 9.66. The van der Waals surface area contributed by atoms with Crippen LogP contribution < -0.4 is 10.6 Å². The third-order valence-electron chi connectivity index (χ3n) is 9.02. The van der Waals surface area contributed by atoms with E-state index in [-0.39, 0.29) is 6.42 Å². The Labute approximate surface area is 228 Å². The Morgan fingerprint density at radius 1 is 1.13 bits per heavy atom. The number of aliphatic hydroxyl groups is 3. The van der Waals surface area contributed by atoms with Crippen molar-refractivity contribution in [3.8, 4) is 10.6 Å². The molecule has 0 aromatic carbocycles. The van der Waals surface area contributed by atoms with Crippen molar-refractivity contribution in [1.82, 2.24) is 19.9 Å². The van der Waals surface area contributed by atoms with E-state index in [0.717, 1.165) is 33.2 Å². The van der Waals surface area contributed by atoms with Gasteiger partial charge in [-0.1, -0.05) is 26.7 Å². The lowest BCUT2D eigenvalue weighted by atomic mass is 9.87. The average molecular weight is 541 g/mol. The van der Waals surface area contributed by atoms with E-state index < -0.39 is 23.3 Å². The minimum Gasteiger partial charge on any atom is -0.390 e. The molecule has 206 valence electrons. The predicted molar refractivity (Wildman–Crippen MR) is 151 cm³/mol. The Balaban J connectivity index is 1.52. The summed E-state index contributed by atoms with van der Waals surface area (Å²) in [6, 6.07) is 1.94. The Kier molecular flexibility index (Phi) is 6.91. The second-order valence-electron chi connectivity index (χ2n) is 11.8. The molecule has 38 heavy (non-hydrogen) atoms. The van der Waals surface area contributed by atoms with Gasteiger partial charge in [-0.3, -0.25) is 4.98 Å². The highest BCUT2D eigenvalue weighted by Gasteiger charge is 2.52. The Morgan fingerprint density at radius 3 is 2.47 bits per heavy atom. The fourth-order valence-corrected chi connectivity index (χ4v) is 7.34. The molecule has 2 fully saturated rings. The van der Waals surface area contributed by atoms with Crippen LogP contribution in [0.1, 0.15) is 71.2 Å². The molecule has 0 bridgehead atoms. The summed E-state index contributed by atoms with van der Waals surface area (Å²) >= 11 is 1.52. The number of nitrogens with zero attached hydrogens (tertiary/aromatic N) is 4. The Bertz CT molecular complexity index is 1330. The molecule has 0 saturated heterocycles. The zero-order valence-electron chi connectivity index (χ0n) is 23.2. The molecule has 4 unspecified atom stereocenters. The van der Waals surface area contributed by atoms with E-state index >= 15 is 0 Å². The third kappa shape index (κ3) is 4.76. The molecule has 3 aromatic rings. The van der Waals surface area contributed by atoms with Crippen LogP contribution in [-0.4, -0.2) is 59.2 Å². The van der Waals surface area contributed by atoms with Crippen molar-refractivity contribution in [3.63, 3.8) is 0 Å². The summed E-state index contributed by atoms with van der Waals surface area (Å²) in [4.78, 5) is 18.8. The highest BCUT2D eigenvalue weighted by Crippen LogP contribution is 2.57. The molecular weight excluding hydrogens is 500 g/mol. The van der Waals surface area contributed by atoms with Crippen LogP contribution in [-0.2, 0) is 0 Å². The van der Waals surface area contributed by atoms with Crippen LogP contribution in [0.2, 0.25) is 0 Å². The molecule has 9 nitrogen and oxygen atoms in total. The van der Waals surface area contributed by atoms with Crippen LogP contribution >= 0.6 is 11.3 Å².